The van der Waals surface area contributed by atoms with Crippen LogP contribution in [0.25, 0.3) is 0 Å². The van der Waals surface area contributed by atoms with Crippen LogP contribution in [0.2, 0.25) is 0 Å². The van der Waals surface area contributed by atoms with E-state index in [0.717, 1.165) is 12.2 Å². The molecule has 0 unspecified atom stereocenters. The molecule has 0 saturated heterocycles. The smallest absolute Gasteiger partial charge is 0.119 e. The molecule has 88 valence electrons. The Balaban J connectivity index is 2.07. The van der Waals surface area contributed by atoms with Gasteiger partial charge < -0.3 is 10.5 Å². The van der Waals surface area contributed by atoms with Crippen LogP contribution in [0.1, 0.15) is 44.6 Å². The summed E-state index contributed by atoms with van der Waals surface area (Å²) < 4.78 is 5.63. The lowest BCUT2D eigenvalue weighted by molar-refractivity contribution is 0.242. The quantitative estimate of drug-likeness (QED) is 0.848. The van der Waals surface area contributed by atoms with Crippen LogP contribution in [-0.2, 0) is 0 Å². The molecule has 2 rings (SSSR count). The summed E-state index contributed by atoms with van der Waals surface area (Å²) in [7, 11) is 0. The van der Waals surface area contributed by atoms with Gasteiger partial charge in [-0.15, -0.1) is 0 Å². The lowest BCUT2D eigenvalue weighted by Crippen LogP contribution is -2.22. The van der Waals surface area contributed by atoms with Gasteiger partial charge in [-0.05, 0) is 50.3 Å². The lowest BCUT2D eigenvalue weighted by atomic mass is 9.95. The average molecular weight is 219 g/mol. The predicted octanol–water partition coefficient (Wildman–Crippen LogP) is 3.07. The zero-order valence-electron chi connectivity index (χ0n) is 10.1. The zero-order chi connectivity index (χ0) is 11.5. The second-order valence-corrected chi connectivity index (χ2v) is 4.94. The van der Waals surface area contributed by atoms with Crippen LogP contribution in [-0.4, -0.2) is 12.1 Å². The number of ether oxygens (including phenoxy) is 1. The van der Waals surface area contributed by atoms with E-state index in [0.29, 0.717) is 12.0 Å². The molecule has 1 aromatic rings. The fourth-order valence-corrected chi connectivity index (χ4v) is 2.47. The maximum atomic E-state index is 6.10. The van der Waals surface area contributed by atoms with Crippen molar-refractivity contribution in [2.24, 2.45) is 5.73 Å². The maximum Gasteiger partial charge on any atom is 0.119 e. The van der Waals surface area contributed by atoms with Crippen molar-refractivity contribution >= 4 is 0 Å². The Morgan fingerprint density at radius 1 is 1.19 bits per heavy atom. The Morgan fingerprint density at radius 2 is 1.88 bits per heavy atom. The van der Waals surface area contributed by atoms with Crippen molar-refractivity contribution in [3.63, 3.8) is 0 Å². The SMILES string of the molecule is CC(C)Oc1ccc([C@@H]2CCC[C@H]2N)cc1. The second-order valence-electron chi connectivity index (χ2n) is 4.94. The summed E-state index contributed by atoms with van der Waals surface area (Å²) in [5, 5.41) is 0. The summed E-state index contributed by atoms with van der Waals surface area (Å²) in [6.07, 6.45) is 3.89. The van der Waals surface area contributed by atoms with E-state index < -0.39 is 0 Å². The molecule has 1 aliphatic carbocycles. The number of hydrogen-bond donors (Lipinski definition) is 1. The largest absolute Gasteiger partial charge is 0.491 e. The number of benzene rings is 1. The highest BCUT2D eigenvalue weighted by molar-refractivity contribution is 5.31. The van der Waals surface area contributed by atoms with Crippen molar-refractivity contribution in [1.82, 2.24) is 0 Å². The molecule has 1 aliphatic rings. The molecule has 16 heavy (non-hydrogen) atoms. The van der Waals surface area contributed by atoms with Crippen molar-refractivity contribution in [2.45, 2.75) is 51.2 Å². The summed E-state index contributed by atoms with van der Waals surface area (Å²) in [5.74, 6) is 1.50. The van der Waals surface area contributed by atoms with Crippen molar-refractivity contribution in [2.75, 3.05) is 0 Å². The molecular weight excluding hydrogens is 198 g/mol. The van der Waals surface area contributed by atoms with E-state index in [2.05, 4.69) is 24.3 Å². The molecule has 0 heterocycles. The maximum absolute atomic E-state index is 6.10. The van der Waals surface area contributed by atoms with Crippen LogP contribution < -0.4 is 10.5 Å². The van der Waals surface area contributed by atoms with E-state index in [1.54, 1.807) is 0 Å². The second kappa shape index (κ2) is 4.88. The van der Waals surface area contributed by atoms with E-state index in [9.17, 15) is 0 Å². The highest BCUT2D eigenvalue weighted by Crippen LogP contribution is 2.33. The van der Waals surface area contributed by atoms with Crippen LogP contribution in [0.5, 0.6) is 5.75 Å². The van der Waals surface area contributed by atoms with Gasteiger partial charge in [0.25, 0.3) is 0 Å². The van der Waals surface area contributed by atoms with Gasteiger partial charge in [-0.1, -0.05) is 18.6 Å². The molecular formula is C14H21NO. The van der Waals surface area contributed by atoms with Gasteiger partial charge in [0, 0.05) is 6.04 Å². The van der Waals surface area contributed by atoms with Gasteiger partial charge in [0.2, 0.25) is 0 Å². The fraction of sp³-hybridized carbons (Fsp3) is 0.571. The van der Waals surface area contributed by atoms with E-state index in [1.165, 1.54) is 18.4 Å². The molecule has 2 heteroatoms. The normalized spacial score (nSPS) is 25.0. The number of hydrogen-bond acceptors (Lipinski definition) is 2. The molecule has 1 aromatic carbocycles. The van der Waals surface area contributed by atoms with E-state index >= 15 is 0 Å². The Morgan fingerprint density at radius 3 is 2.38 bits per heavy atom. The molecule has 2 nitrogen and oxygen atoms in total. The van der Waals surface area contributed by atoms with Crippen LogP contribution in [0.3, 0.4) is 0 Å². The number of nitrogens with two attached hydrogens (primary N) is 1. The minimum absolute atomic E-state index is 0.236. The summed E-state index contributed by atoms with van der Waals surface area (Å²) in [4.78, 5) is 0. The van der Waals surface area contributed by atoms with Crippen molar-refractivity contribution in [3.05, 3.63) is 29.8 Å². The van der Waals surface area contributed by atoms with Crippen LogP contribution in [0.4, 0.5) is 0 Å². The zero-order valence-corrected chi connectivity index (χ0v) is 10.1. The number of rotatable bonds is 3. The summed E-state index contributed by atoms with van der Waals surface area (Å²) in [6.45, 7) is 4.08. The lowest BCUT2D eigenvalue weighted by Gasteiger charge is -2.16. The summed E-state index contributed by atoms with van der Waals surface area (Å²) in [5.41, 5.74) is 7.46. The molecule has 1 fully saturated rings. The van der Waals surface area contributed by atoms with Gasteiger partial charge in [-0.25, -0.2) is 0 Å². The highest BCUT2D eigenvalue weighted by Gasteiger charge is 2.25. The first-order valence-electron chi connectivity index (χ1n) is 6.19. The summed E-state index contributed by atoms with van der Waals surface area (Å²) >= 11 is 0. The minimum Gasteiger partial charge on any atom is -0.491 e. The topological polar surface area (TPSA) is 35.2 Å². The minimum atomic E-state index is 0.236. The van der Waals surface area contributed by atoms with Crippen molar-refractivity contribution in [1.29, 1.82) is 0 Å². The average Bonchev–Trinajstić information content (AvgIpc) is 2.65. The molecule has 0 radical (unpaired) electrons. The third-order valence-corrected chi connectivity index (χ3v) is 3.25. The summed E-state index contributed by atoms with van der Waals surface area (Å²) in [6, 6.07) is 8.78. The van der Waals surface area contributed by atoms with Crippen LogP contribution in [0.15, 0.2) is 24.3 Å². The molecule has 0 aromatic heterocycles. The van der Waals surface area contributed by atoms with E-state index in [1.807, 2.05) is 13.8 Å². The van der Waals surface area contributed by atoms with E-state index in [4.69, 9.17) is 10.5 Å². The first-order valence-corrected chi connectivity index (χ1v) is 6.19. The molecule has 0 aliphatic heterocycles. The third kappa shape index (κ3) is 2.56. The Hall–Kier alpha value is -1.02. The monoisotopic (exact) mass is 219 g/mol. The Bertz CT molecular complexity index is 331. The molecule has 2 atom stereocenters. The van der Waals surface area contributed by atoms with Gasteiger partial charge in [-0.3, -0.25) is 0 Å². The van der Waals surface area contributed by atoms with E-state index in [-0.39, 0.29) is 6.10 Å². The Labute approximate surface area is 97.8 Å². The van der Waals surface area contributed by atoms with Crippen molar-refractivity contribution < 1.29 is 4.74 Å². The van der Waals surface area contributed by atoms with Gasteiger partial charge >= 0.3 is 0 Å². The first-order chi connectivity index (χ1) is 7.66. The molecule has 1 saturated carbocycles. The Kier molecular flexibility index (Phi) is 3.49. The standard InChI is InChI=1S/C14H21NO/c1-10(2)16-12-8-6-11(7-9-12)13-4-3-5-14(13)15/h6-10,13-14H,3-5,15H2,1-2H3/t13-,14+/m0/s1. The molecule has 0 bridgehead atoms. The molecule has 2 N–H and O–H groups in total. The fourth-order valence-electron chi connectivity index (χ4n) is 2.47. The highest BCUT2D eigenvalue weighted by atomic mass is 16.5. The first kappa shape index (κ1) is 11.5. The molecule has 0 spiro atoms. The van der Waals surface area contributed by atoms with Gasteiger partial charge in [-0.2, -0.15) is 0 Å². The third-order valence-electron chi connectivity index (χ3n) is 3.25. The van der Waals surface area contributed by atoms with Gasteiger partial charge in [0.05, 0.1) is 6.10 Å². The predicted molar refractivity (Wildman–Crippen MR) is 66.8 cm³/mol. The molecule has 0 amide bonds. The van der Waals surface area contributed by atoms with Crippen molar-refractivity contribution in [3.8, 4) is 5.75 Å². The van der Waals surface area contributed by atoms with Crippen LogP contribution >= 0.6 is 0 Å². The van der Waals surface area contributed by atoms with Gasteiger partial charge in [0.15, 0.2) is 0 Å². The van der Waals surface area contributed by atoms with Crippen LogP contribution in [0, 0.1) is 0 Å². The van der Waals surface area contributed by atoms with Gasteiger partial charge in [0.1, 0.15) is 5.75 Å².